The van der Waals surface area contributed by atoms with Crippen molar-refractivity contribution in [1.29, 1.82) is 0 Å². The molecule has 0 unspecified atom stereocenters. The first-order valence-corrected chi connectivity index (χ1v) is 7.94. The molecule has 0 saturated heterocycles. The zero-order valence-corrected chi connectivity index (χ0v) is 13.7. The number of hydrogen-bond acceptors (Lipinski definition) is 5. The Balaban J connectivity index is 1.65. The number of nitrogens with zero attached hydrogens (tertiary/aromatic N) is 3. The van der Waals surface area contributed by atoms with E-state index in [1.165, 1.54) is 0 Å². The maximum Gasteiger partial charge on any atom is 0.142 e. The largest absolute Gasteiger partial charge is 0.495 e. The predicted octanol–water partition coefficient (Wildman–Crippen LogP) is 3.64. The van der Waals surface area contributed by atoms with Crippen LogP contribution in [0.3, 0.4) is 0 Å². The Morgan fingerprint density at radius 2 is 2.00 bits per heavy atom. The number of aromatic amines is 1. The molecule has 0 saturated carbocycles. The summed E-state index contributed by atoms with van der Waals surface area (Å²) < 4.78 is 5.48. The van der Waals surface area contributed by atoms with Crippen LogP contribution in [0.25, 0.3) is 22.2 Å². The maximum atomic E-state index is 5.48. The number of anilines is 1. The predicted molar refractivity (Wildman–Crippen MR) is 97.4 cm³/mol. The molecule has 2 N–H and O–H groups in total. The molecule has 6 nitrogen and oxygen atoms in total. The van der Waals surface area contributed by atoms with E-state index in [-0.39, 0.29) is 0 Å². The van der Waals surface area contributed by atoms with Gasteiger partial charge in [0.2, 0.25) is 0 Å². The van der Waals surface area contributed by atoms with Gasteiger partial charge < -0.3 is 15.0 Å². The Hall–Kier alpha value is -3.41. The standard InChI is InChI=1S/C19H17N5O/c1-25-19-5-4-14(16-8-15-11-22-23-12-18(15)24-16)7-17(19)21-10-13-3-2-6-20-9-13/h2-9,11-12,21,24H,10H2,1H3. The second kappa shape index (κ2) is 6.60. The van der Waals surface area contributed by atoms with Gasteiger partial charge in [-0.05, 0) is 35.9 Å². The summed E-state index contributed by atoms with van der Waals surface area (Å²) in [4.78, 5) is 7.51. The Morgan fingerprint density at radius 1 is 1.08 bits per heavy atom. The summed E-state index contributed by atoms with van der Waals surface area (Å²) in [6.45, 7) is 0.675. The second-order valence-electron chi connectivity index (χ2n) is 5.67. The molecule has 0 bridgehead atoms. The third-order valence-electron chi connectivity index (χ3n) is 4.05. The van der Waals surface area contributed by atoms with Gasteiger partial charge >= 0.3 is 0 Å². The zero-order chi connectivity index (χ0) is 17.1. The van der Waals surface area contributed by atoms with Crippen molar-refractivity contribution < 1.29 is 4.74 Å². The van der Waals surface area contributed by atoms with Crippen molar-refractivity contribution in [3.05, 3.63) is 66.7 Å². The Bertz CT molecular complexity index is 964. The molecular weight excluding hydrogens is 314 g/mol. The summed E-state index contributed by atoms with van der Waals surface area (Å²) in [5.41, 5.74) is 5.07. The van der Waals surface area contributed by atoms with E-state index in [0.29, 0.717) is 6.54 Å². The number of benzene rings is 1. The van der Waals surface area contributed by atoms with E-state index >= 15 is 0 Å². The van der Waals surface area contributed by atoms with Gasteiger partial charge in [-0.2, -0.15) is 10.2 Å². The summed E-state index contributed by atoms with van der Waals surface area (Å²) in [6, 6.07) is 12.1. The fourth-order valence-corrected chi connectivity index (χ4v) is 2.76. The first kappa shape index (κ1) is 15.1. The van der Waals surface area contributed by atoms with E-state index in [1.54, 1.807) is 25.7 Å². The molecule has 4 rings (SSSR count). The summed E-state index contributed by atoms with van der Waals surface area (Å²) >= 11 is 0. The van der Waals surface area contributed by atoms with Crippen molar-refractivity contribution in [2.75, 3.05) is 12.4 Å². The first-order chi connectivity index (χ1) is 12.3. The van der Waals surface area contributed by atoms with Crippen molar-refractivity contribution in [2.24, 2.45) is 0 Å². The van der Waals surface area contributed by atoms with Crippen molar-refractivity contribution in [2.45, 2.75) is 6.54 Å². The third kappa shape index (κ3) is 3.14. The number of hydrogen-bond donors (Lipinski definition) is 2. The van der Waals surface area contributed by atoms with Crippen LogP contribution in [0.5, 0.6) is 5.75 Å². The Kier molecular flexibility index (Phi) is 4.00. The zero-order valence-electron chi connectivity index (χ0n) is 13.7. The highest BCUT2D eigenvalue weighted by molar-refractivity contribution is 5.85. The highest BCUT2D eigenvalue weighted by atomic mass is 16.5. The molecule has 0 aliphatic heterocycles. The lowest BCUT2D eigenvalue weighted by molar-refractivity contribution is 0.416. The molecule has 0 atom stereocenters. The van der Waals surface area contributed by atoms with Crippen molar-refractivity contribution in [3.63, 3.8) is 0 Å². The molecule has 0 fully saturated rings. The number of rotatable bonds is 5. The van der Waals surface area contributed by atoms with Crippen LogP contribution in [0.1, 0.15) is 5.56 Å². The molecular formula is C19H17N5O. The lowest BCUT2D eigenvalue weighted by atomic mass is 10.1. The molecule has 25 heavy (non-hydrogen) atoms. The van der Waals surface area contributed by atoms with E-state index in [0.717, 1.165) is 39.2 Å². The molecule has 124 valence electrons. The molecule has 0 spiro atoms. The monoisotopic (exact) mass is 331 g/mol. The molecule has 0 radical (unpaired) electrons. The van der Waals surface area contributed by atoms with E-state index in [9.17, 15) is 0 Å². The molecule has 0 aliphatic rings. The van der Waals surface area contributed by atoms with Crippen LogP contribution in [0.15, 0.2) is 61.2 Å². The van der Waals surface area contributed by atoms with Gasteiger partial charge in [-0.15, -0.1) is 0 Å². The second-order valence-corrected chi connectivity index (χ2v) is 5.67. The number of nitrogens with one attached hydrogen (secondary N) is 2. The van der Waals surface area contributed by atoms with Gasteiger partial charge in [0.15, 0.2) is 0 Å². The lowest BCUT2D eigenvalue weighted by Gasteiger charge is -2.12. The number of fused-ring (bicyclic) bond motifs is 1. The normalized spacial score (nSPS) is 10.8. The minimum absolute atomic E-state index is 0.675. The topological polar surface area (TPSA) is 75.7 Å². The van der Waals surface area contributed by atoms with Gasteiger partial charge in [0.25, 0.3) is 0 Å². The van der Waals surface area contributed by atoms with Crippen LogP contribution >= 0.6 is 0 Å². The number of aromatic nitrogens is 4. The average Bonchev–Trinajstić information content (AvgIpc) is 3.11. The van der Waals surface area contributed by atoms with Gasteiger partial charge in [-0.1, -0.05) is 6.07 Å². The highest BCUT2D eigenvalue weighted by Gasteiger charge is 2.08. The highest BCUT2D eigenvalue weighted by Crippen LogP contribution is 2.31. The quantitative estimate of drug-likeness (QED) is 0.584. The van der Waals surface area contributed by atoms with Gasteiger partial charge in [-0.25, -0.2) is 0 Å². The summed E-state index contributed by atoms with van der Waals surface area (Å²) in [6.07, 6.45) is 7.09. The van der Waals surface area contributed by atoms with Crippen molar-refractivity contribution in [1.82, 2.24) is 20.2 Å². The van der Waals surface area contributed by atoms with Crippen LogP contribution < -0.4 is 10.1 Å². The summed E-state index contributed by atoms with van der Waals surface area (Å²) in [5, 5.41) is 12.3. The first-order valence-electron chi connectivity index (χ1n) is 7.94. The molecule has 1 aromatic carbocycles. The van der Waals surface area contributed by atoms with Gasteiger partial charge in [0, 0.05) is 35.6 Å². The number of pyridine rings is 1. The summed E-state index contributed by atoms with van der Waals surface area (Å²) in [5.74, 6) is 0.798. The van der Waals surface area contributed by atoms with E-state index < -0.39 is 0 Å². The molecule has 0 amide bonds. The fourth-order valence-electron chi connectivity index (χ4n) is 2.76. The van der Waals surface area contributed by atoms with Crippen LogP contribution in [0.2, 0.25) is 0 Å². The SMILES string of the molecule is COc1ccc(-c2cc3cnncc3[nH]2)cc1NCc1cccnc1. The lowest BCUT2D eigenvalue weighted by Crippen LogP contribution is -2.02. The van der Waals surface area contributed by atoms with Crippen molar-refractivity contribution in [3.8, 4) is 17.0 Å². The van der Waals surface area contributed by atoms with Crippen molar-refractivity contribution >= 4 is 16.6 Å². The number of methoxy groups -OCH3 is 1. The minimum atomic E-state index is 0.675. The third-order valence-corrected chi connectivity index (χ3v) is 4.05. The number of ether oxygens (including phenoxy) is 1. The Morgan fingerprint density at radius 3 is 2.80 bits per heavy atom. The van der Waals surface area contributed by atoms with Gasteiger partial charge in [0.05, 0.1) is 30.7 Å². The average molecular weight is 331 g/mol. The Labute approximate surface area is 144 Å². The van der Waals surface area contributed by atoms with Gasteiger partial charge in [-0.3, -0.25) is 4.98 Å². The number of H-pyrrole nitrogens is 1. The minimum Gasteiger partial charge on any atom is -0.495 e. The maximum absolute atomic E-state index is 5.48. The molecule has 3 aromatic heterocycles. The molecule has 3 heterocycles. The van der Waals surface area contributed by atoms with Crippen LogP contribution in [-0.2, 0) is 6.54 Å². The van der Waals surface area contributed by atoms with E-state index in [1.807, 2.05) is 30.5 Å². The van der Waals surface area contributed by atoms with E-state index in [4.69, 9.17) is 4.74 Å². The molecule has 6 heteroatoms. The molecule has 0 aliphatic carbocycles. The van der Waals surface area contributed by atoms with Crippen LogP contribution in [0, 0.1) is 0 Å². The molecule has 4 aromatic rings. The van der Waals surface area contributed by atoms with E-state index in [2.05, 4.69) is 37.6 Å². The smallest absolute Gasteiger partial charge is 0.142 e. The van der Waals surface area contributed by atoms with Crippen LogP contribution in [-0.4, -0.2) is 27.3 Å². The fraction of sp³-hybridized carbons (Fsp3) is 0.105. The van der Waals surface area contributed by atoms with Gasteiger partial charge in [0.1, 0.15) is 5.75 Å². The van der Waals surface area contributed by atoms with Crippen LogP contribution in [0.4, 0.5) is 5.69 Å². The summed E-state index contributed by atoms with van der Waals surface area (Å²) in [7, 11) is 1.67.